The van der Waals surface area contributed by atoms with E-state index in [1.165, 1.54) is 5.56 Å². The van der Waals surface area contributed by atoms with E-state index >= 15 is 0 Å². The van der Waals surface area contributed by atoms with Crippen molar-refractivity contribution in [3.8, 4) is 5.75 Å². The van der Waals surface area contributed by atoms with Crippen molar-refractivity contribution in [3.63, 3.8) is 0 Å². The van der Waals surface area contributed by atoms with E-state index < -0.39 is 0 Å². The Morgan fingerprint density at radius 1 is 1.44 bits per heavy atom. The van der Waals surface area contributed by atoms with Crippen molar-refractivity contribution in [2.45, 2.75) is 26.4 Å². The molecular formula is C14H19N3O. The maximum Gasteiger partial charge on any atom is 0.119 e. The molecule has 0 unspecified atom stereocenters. The fraction of sp³-hybridized carbons (Fsp3) is 0.357. The summed E-state index contributed by atoms with van der Waals surface area (Å²) in [4.78, 5) is 4.11. The molecule has 1 aromatic carbocycles. The second-order valence-corrected chi connectivity index (χ2v) is 4.47. The molecule has 0 spiro atoms. The average molecular weight is 245 g/mol. The Morgan fingerprint density at radius 3 is 3.00 bits per heavy atom. The molecule has 2 rings (SSSR count). The summed E-state index contributed by atoms with van der Waals surface area (Å²) in [5.41, 5.74) is 8.09. The normalized spacial score (nSPS) is 12.4. The lowest BCUT2D eigenvalue weighted by Crippen LogP contribution is -2.15. The van der Waals surface area contributed by atoms with Crippen LogP contribution in [0.25, 0.3) is 0 Å². The molecule has 4 nitrogen and oxygen atoms in total. The van der Waals surface area contributed by atoms with Crippen LogP contribution in [0.4, 0.5) is 0 Å². The molecule has 0 aliphatic heterocycles. The zero-order chi connectivity index (χ0) is 13.0. The number of rotatable bonds is 5. The number of ether oxygens (including phenoxy) is 1. The highest BCUT2D eigenvalue weighted by Gasteiger charge is 2.06. The number of hydrogen-bond acceptors (Lipinski definition) is 3. The first-order valence-electron chi connectivity index (χ1n) is 6.12. The van der Waals surface area contributed by atoms with E-state index in [4.69, 9.17) is 10.5 Å². The third kappa shape index (κ3) is 3.11. The van der Waals surface area contributed by atoms with Crippen LogP contribution in [0, 0.1) is 6.92 Å². The van der Waals surface area contributed by atoms with E-state index in [1.807, 2.05) is 29.7 Å². The second-order valence-electron chi connectivity index (χ2n) is 4.47. The summed E-state index contributed by atoms with van der Waals surface area (Å²) in [6, 6.07) is 8.03. The predicted molar refractivity (Wildman–Crippen MR) is 71.5 cm³/mol. The number of imidazole rings is 1. The van der Waals surface area contributed by atoms with Crippen LogP contribution >= 0.6 is 0 Å². The zero-order valence-electron chi connectivity index (χ0n) is 10.8. The van der Waals surface area contributed by atoms with Crippen molar-refractivity contribution in [2.75, 3.05) is 6.61 Å². The molecule has 1 heterocycles. The lowest BCUT2D eigenvalue weighted by Gasteiger charge is -2.11. The quantitative estimate of drug-likeness (QED) is 0.879. The molecule has 1 atom stereocenters. The standard InChI is InChI=1S/C14H19N3O/c1-11-4-3-5-13(8-11)18-7-6-17-10-16-9-14(17)12(2)15/h3-5,8-10,12H,6-7,15H2,1-2H3/t12-/m0/s1. The van der Waals surface area contributed by atoms with Crippen molar-refractivity contribution in [1.29, 1.82) is 0 Å². The first kappa shape index (κ1) is 12.6. The minimum atomic E-state index is -0.00790. The van der Waals surface area contributed by atoms with E-state index in [-0.39, 0.29) is 6.04 Å². The molecule has 4 heteroatoms. The molecular weight excluding hydrogens is 226 g/mol. The highest BCUT2D eigenvalue weighted by atomic mass is 16.5. The van der Waals surface area contributed by atoms with Crippen LogP contribution in [0.5, 0.6) is 5.75 Å². The number of aryl methyl sites for hydroxylation is 1. The van der Waals surface area contributed by atoms with Gasteiger partial charge in [0.2, 0.25) is 0 Å². The van der Waals surface area contributed by atoms with E-state index in [0.717, 1.165) is 18.0 Å². The molecule has 18 heavy (non-hydrogen) atoms. The van der Waals surface area contributed by atoms with Crippen molar-refractivity contribution in [3.05, 3.63) is 48.0 Å². The van der Waals surface area contributed by atoms with Crippen LogP contribution in [0.1, 0.15) is 24.2 Å². The fourth-order valence-corrected chi connectivity index (χ4v) is 1.86. The van der Waals surface area contributed by atoms with Gasteiger partial charge in [-0.25, -0.2) is 4.98 Å². The minimum Gasteiger partial charge on any atom is -0.492 e. The van der Waals surface area contributed by atoms with E-state index in [1.54, 1.807) is 12.5 Å². The van der Waals surface area contributed by atoms with Gasteiger partial charge in [0.05, 0.1) is 18.6 Å². The maximum atomic E-state index is 5.86. The molecule has 0 saturated heterocycles. The van der Waals surface area contributed by atoms with Gasteiger partial charge in [0.25, 0.3) is 0 Å². The Kier molecular flexibility index (Phi) is 3.99. The summed E-state index contributed by atoms with van der Waals surface area (Å²) >= 11 is 0. The Labute approximate surface area is 107 Å². The molecule has 2 N–H and O–H groups in total. The van der Waals surface area contributed by atoms with Crippen molar-refractivity contribution in [2.24, 2.45) is 5.73 Å². The van der Waals surface area contributed by atoms with Gasteiger partial charge < -0.3 is 15.0 Å². The van der Waals surface area contributed by atoms with Crippen LogP contribution in [-0.2, 0) is 6.54 Å². The van der Waals surface area contributed by atoms with E-state index in [2.05, 4.69) is 18.0 Å². The largest absolute Gasteiger partial charge is 0.492 e. The molecule has 2 aromatic rings. The van der Waals surface area contributed by atoms with E-state index in [0.29, 0.717) is 6.61 Å². The summed E-state index contributed by atoms with van der Waals surface area (Å²) < 4.78 is 7.73. The SMILES string of the molecule is Cc1cccc(OCCn2cncc2[C@H](C)N)c1. The van der Waals surface area contributed by atoms with Crippen molar-refractivity contribution >= 4 is 0 Å². The van der Waals surface area contributed by atoms with Crippen LogP contribution in [-0.4, -0.2) is 16.2 Å². The van der Waals surface area contributed by atoms with Crippen LogP contribution in [0.2, 0.25) is 0 Å². The van der Waals surface area contributed by atoms with Crippen LogP contribution < -0.4 is 10.5 Å². The first-order chi connectivity index (χ1) is 8.66. The van der Waals surface area contributed by atoms with Gasteiger partial charge in [0, 0.05) is 12.2 Å². The lowest BCUT2D eigenvalue weighted by molar-refractivity contribution is 0.295. The number of benzene rings is 1. The highest BCUT2D eigenvalue weighted by molar-refractivity contribution is 5.27. The third-order valence-corrected chi connectivity index (χ3v) is 2.80. The Bertz CT molecular complexity index is 505. The maximum absolute atomic E-state index is 5.86. The predicted octanol–water partition coefficient (Wildman–Crippen LogP) is 2.29. The highest BCUT2D eigenvalue weighted by Crippen LogP contribution is 2.13. The molecule has 0 aliphatic rings. The van der Waals surface area contributed by atoms with Crippen LogP contribution in [0.15, 0.2) is 36.8 Å². The zero-order valence-corrected chi connectivity index (χ0v) is 10.8. The molecule has 0 radical (unpaired) electrons. The number of nitrogens with two attached hydrogens (primary N) is 1. The Morgan fingerprint density at radius 2 is 2.28 bits per heavy atom. The smallest absolute Gasteiger partial charge is 0.119 e. The number of hydrogen-bond donors (Lipinski definition) is 1. The van der Waals surface area contributed by atoms with Gasteiger partial charge >= 0.3 is 0 Å². The van der Waals surface area contributed by atoms with Gasteiger partial charge in [0.1, 0.15) is 12.4 Å². The summed E-state index contributed by atoms with van der Waals surface area (Å²) in [6.45, 7) is 5.37. The average Bonchev–Trinajstić information content (AvgIpc) is 2.77. The Balaban J connectivity index is 1.90. The van der Waals surface area contributed by atoms with E-state index in [9.17, 15) is 0 Å². The van der Waals surface area contributed by atoms with Gasteiger partial charge in [-0.2, -0.15) is 0 Å². The minimum absolute atomic E-state index is 0.00790. The van der Waals surface area contributed by atoms with Gasteiger partial charge in [-0.15, -0.1) is 0 Å². The van der Waals surface area contributed by atoms with Gasteiger partial charge in [-0.3, -0.25) is 0 Å². The molecule has 0 fully saturated rings. The fourth-order valence-electron chi connectivity index (χ4n) is 1.86. The third-order valence-electron chi connectivity index (χ3n) is 2.80. The molecule has 0 saturated carbocycles. The van der Waals surface area contributed by atoms with Crippen molar-refractivity contribution < 1.29 is 4.74 Å². The summed E-state index contributed by atoms with van der Waals surface area (Å²) in [5.74, 6) is 0.900. The molecule has 0 amide bonds. The van der Waals surface area contributed by atoms with Gasteiger partial charge in [-0.1, -0.05) is 12.1 Å². The summed E-state index contributed by atoms with van der Waals surface area (Å²) in [7, 11) is 0. The molecule has 0 aliphatic carbocycles. The lowest BCUT2D eigenvalue weighted by atomic mass is 10.2. The van der Waals surface area contributed by atoms with Gasteiger partial charge in [-0.05, 0) is 31.5 Å². The Hall–Kier alpha value is -1.81. The number of aromatic nitrogens is 2. The first-order valence-corrected chi connectivity index (χ1v) is 6.12. The summed E-state index contributed by atoms with van der Waals surface area (Å²) in [6.07, 6.45) is 3.59. The second kappa shape index (κ2) is 5.69. The molecule has 1 aromatic heterocycles. The van der Waals surface area contributed by atoms with Crippen LogP contribution in [0.3, 0.4) is 0 Å². The number of nitrogens with zero attached hydrogens (tertiary/aromatic N) is 2. The van der Waals surface area contributed by atoms with Crippen molar-refractivity contribution in [1.82, 2.24) is 9.55 Å². The topological polar surface area (TPSA) is 53.1 Å². The van der Waals surface area contributed by atoms with Gasteiger partial charge in [0.15, 0.2) is 0 Å². The monoisotopic (exact) mass is 245 g/mol. The summed E-state index contributed by atoms with van der Waals surface area (Å²) in [5, 5.41) is 0. The molecule has 0 bridgehead atoms. The molecule has 96 valence electrons.